The first-order chi connectivity index (χ1) is 11.9. The molecule has 132 valence electrons. The maximum Gasteiger partial charge on any atom is 0.311 e. The van der Waals surface area contributed by atoms with Gasteiger partial charge in [-0.2, -0.15) is 5.10 Å². The largest absolute Gasteiger partial charge is 0.481 e. The van der Waals surface area contributed by atoms with Gasteiger partial charge in [-0.15, -0.1) is 0 Å². The van der Waals surface area contributed by atoms with Gasteiger partial charge in [-0.05, 0) is 20.3 Å². The molecule has 4 rings (SSSR count). The van der Waals surface area contributed by atoms with Gasteiger partial charge < -0.3 is 14.7 Å². The number of carbonyl (C=O) groups excluding carboxylic acids is 1. The van der Waals surface area contributed by atoms with Crippen LogP contribution in [-0.4, -0.2) is 62.8 Å². The summed E-state index contributed by atoms with van der Waals surface area (Å²) < 4.78 is 7.10. The van der Waals surface area contributed by atoms with Gasteiger partial charge in [0, 0.05) is 37.9 Å². The minimum absolute atomic E-state index is 0.174. The molecule has 0 unspecified atom stereocenters. The Hall–Kier alpha value is -2.48. The molecule has 0 aliphatic carbocycles. The van der Waals surface area contributed by atoms with E-state index in [2.05, 4.69) is 10.1 Å². The molecule has 1 N–H and O–H groups in total. The molecule has 8 heteroatoms. The SMILES string of the molecule is Cc1cc2ncc(C(=O)N3C[C@H]4COCC[C@@]4(C(=O)O)C3)c(C)n2n1. The minimum Gasteiger partial charge on any atom is -0.481 e. The molecule has 2 aliphatic rings. The zero-order valence-corrected chi connectivity index (χ0v) is 14.2. The summed E-state index contributed by atoms with van der Waals surface area (Å²) in [4.78, 5) is 30.9. The second kappa shape index (κ2) is 5.52. The predicted octanol–water partition coefficient (Wildman–Crippen LogP) is 0.909. The Morgan fingerprint density at radius 2 is 2.20 bits per heavy atom. The fourth-order valence-corrected chi connectivity index (χ4v) is 4.00. The topological polar surface area (TPSA) is 97.0 Å². The maximum absolute atomic E-state index is 13.0. The van der Waals surface area contributed by atoms with Crippen LogP contribution in [0.15, 0.2) is 12.3 Å². The molecule has 0 saturated carbocycles. The van der Waals surface area contributed by atoms with Crippen molar-refractivity contribution in [3.05, 3.63) is 29.2 Å². The van der Waals surface area contributed by atoms with Gasteiger partial charge in [0.25, 0.3) is 5.91 Å². The molecule has 0 radical (unpaired) electrons. The van der Waals surface area contributed by atoms with Gasteiger partial charge in [0.15, 0.2) is 5.65 Å². The zero-order chi connectivity index (χ0) is 17.8. The number of amides is 1. The summed E-state index contributed by atoms with van der Waals surface area (Å²) in [6.07, 6.45) is 1.99. The summed E-state index contributed by atoms with van der Waals surface area (Å²) in [6.45, 7) is 5.10. The van der Waals surface area contributed by atoms with Crippen molar-refractivity contribution in [2.75, 3.05) is 26.3 Å². The van der Waals surface area contributed by atoms with E-state index in [9.17, 15) is 14.7 Å². The van der Waals surface area contributed by atoms with Crippen LogP contribution in [0.4, 0.5) is 0 Å². The molecular formula is C17H20N4O4. The van der Waals surface area contributed by atoms with Crippen LogP contribution in [0, 0.1) is 25.2 Å². The number of carbonyl (C=O) groups is 2. The van der Waals surface area contributed by atoms with Gasteiger partial charge in [0.2, 0.25) is 0 Å². The second-order valence-electron chi connectivity index (χ2n) is 6.98. The average molecular weight is 344 g/mol. The standard InChI is InChI=1S/C17H20N4O4/c1-10-5-14-18-6-13(11(2)21(14)19-10)15(22)20-7-12-8-25-4-3-17(12,9-20)16(23)24/h5-6,12H,3-4,7-9H2,1-2H3,(H,23,24)/t12-,17+/m0/s1. The first-order valence-corrected chi connectivity index (χ1v) is 8.35. The third-order valence-electron chi connectivity index (χ3n) is 5.50. The number of aryl methyl sites for hydroxylation is 2. The van der Waals surface area contributed by atoms with E-state index in [1.165, 1.54) is 0 Å². The van der Waals surface area contributed by atoms with E-state index in [4.69, 9.17) is 4.74 Å². The van der Waals surface area contributed by atoms with Crippen LogP contribution in [0.25, 0.3) is 5.65 Å². The fraction of sp³-hybridized carbons (Fsp3) is 0.529. The molecule has 8 nitrogen and oxygen atoms in total. The van der Waals surface area contributed by atoms with Gasteiger partial charge in [-0.3, -0.25) is 9.59 Å². The van der Waals surface area contributed by atoms with E-state index >= 15 is 0 Å². The van der Waals surface area contributed by atoms with E-state index in [0.29, 0.717) is 43.1 Å². The number of hydrogen-bond donors (Lipinski definition) is 1. The molecule has 0 aromatic carbocycles. The highest BCUT2D eigenvalue weighted by Gasteiger charge is 2.55. The number of likely N-dealkylation sites (tertiary alicyclic amines) is 1. The second-order valence-corrected chi connectivity index (χ2v) is 6.98. The summed E-state index contributed by atoms with van der Waals surface area (Å²) in [5.41, 5.74) is 1.78. The minimum atomic E-state index is -0.901. The molecule has 2 saturated heterocycles. The maximum atomic E-state index is 13.0. The van der Waals surface area contributed by atoms with Gasteiger partial charge in [0.1, 0.15) is 0 Å². The molecule has 2 atom stereocenters. The Morgan fingerprint density at radius 3 is 2.92 bits per heavy atom. The van der Waals surface area contributed by atoms with Crippen LogP contribution < -0.4 is 0 Å². The van der Waals surface area contributed by atoms with Gasteiger partial charge in [0.05, 0.1) is 29.0 Å². The zero-order valence-electron chi connectivity index (χ0n) is 14.2. The van der Waals surface area contributed by atoms with Gasteiger partial charge >= 0.3 is 5.97 Å². The quantitative estimate of drug-likeness (QED) is 0.870. The first-order valence-electron chi connectivity index (χ1n) is 8.35. The number of aromatic nitrogens is 3. The van der Waals surface area contributed by atoms with Crippen LogP contribution in [0.5, 0.6) is 0 Å². The fourth-order valence-electron chi connectivity index (χ4n) is 4.00. The number of nitrogens with zero attached hydrogens (tertiary/aromatic N) is 4. The lowest BCUT2D eigenvalue weighted by Crippen LogP contribution is -2.45. The Labute approximate surface area is 144 Å². The number of carboxylic acid groups (broad SMARTS) is 1. The normalized spacial score (nSPS) is 26.0. The highest BCUT2D eigenvalue weighted by atomic mass is 16.5. The summed E-state index contributed by atoms with van der Waals surface area (Å²) in [6, 6.07) is 1.85. The lowest BCUT2D eigenvalue weighted by Gasteiger charge is -2.33. The van der Waals surface area contributed by atoms with Crippen molar-refractivity contribution in [3.63, 3.8) is 0 Å². The van der Waals surface area contributed by atoms with Gasteiger partial charge in [-0.1, -0.05) is 0 Å². The van der Waals surface area contributed by atoms with Crippen LogP contribution in [0.2, 0.25) is 0 Å². The molecule has 2 aromatic rings. The molecule has 2 fully saturated rings. The molecule has 0 spiro atoms. The highest BCUT2D eigenvalue weighted by molar-refractivity contribution is 5.96. The Kier molecular flexibility index (Phi) is 3.54. The number of aliphatic carboxylic acids is 1. The lowest BCUT2D eigenvalue weighted by atomic mass is 9.74. The number of fused-ring (bicyclic) bond motifs is 2. The smallest absolute Gasteiger partial charge is 0.311 e. The highest BCUT2D eigenvalue weighted by Crippen LogP contribution is 2.42. The summed E-state index contributed by atoms with van der Waals surface area (Å²) >= 11 is 0. The van der Waals surface area contributed by atoms with Crippen molar-refractivity contribution < 1.29 is 19.4 Å². The lowest BCUT2D eigenvalue weighted by molar-refractivity contribution is -0.157. The van der Waals surface area contributed by atoms with Crippen molar-refractivity contribution in [3.8, 4) is 0 Å². The van der Waals surface area contributed by atoms with Crippen LogP contribution in [0.3, 0.4) is 0 Å². The monoisotopic (exact) mass is 344 g/mol. The summed E-state index contributed by atoms with van der Waals surface area (Å²) in [5, 5.41) is 14.1. The van der Waals surface area contributed by atoms with Crippen LogP contribution in [0.1, 0.15) is 28.2 Å². The van der Waals surface area contributed by atoms with E-state index < -0.39 is 11.4 Å². The summed E-state index contributed by atoms with van der Waals surface area (Å²) in [5.74, 6) is -1.22. The third kappa shape index (κ3) is 2.31. The van der Waals surface area contributed by atoms with Crippen molar-refractivity contribution in [2.24, 2.45) is 11.3 Å². The number of hydrogen-bond acceptors (Lipinski definition) is 5. The molecular weight excluding hydrogens is 324 g/mol. The number of rotatable bonds is 2. The Balaban J connectivity index is 1.68. The third-order valence-corrected chi connectivity index (χ3v) is 5.50. The Bertz CT molecular complexity index is 877. The molecule has 25 heavy (non-hydrogen) atoms. The summed E-state index contributed by atoms with van der Waals surface area (Å²) in [7, 11) is 0. The average Bonchev–Trinajstić information content (AvgIpc) is 3.16. The molecule has 2 aliphatic heterocycles. The van der Waals surface area contributed by atoms with Crippen LogP contribution in [-0.2, 0) is 9.53 Å². The van der Waals surface area contributed by atoms with Crippen LogP contribution >= 0.6 is 0 Å². The molecule has 1 amide bonds. The van der Waals surface area contributed by atoms with Crippen molar-refractivity contribution in [1.29, 1.82) is 0 Å². The number of carboxylic acids is 1. The van der Waals surface area contributed by atoms with E-state index in [1.807, 2.05) is 19.9 Å². The van der Waals surface area contributed by atoms with Crippen molar-refractivity contribution in [1.82, 2.24) is 19.5 Å². The van der Waals surface area contributed by atoms with Crippen molar-refractivity contribution >= 4 is 17.5 Å². The molecule has 2 aromatic heterocycles. The predicted molar refractivity (Wildman–Crippen MR) is 87.4 cm³/mol. The van der Waals surface area contributed by atoms with E-state index in [1.54, 1.807) is 15.6 Å². The van der Waals surface area contributed by atoms with Gasteiger partial charge in [-0.25, -0.2) is 9.50 Å². The van der Waals surface area contributed by atoms with E-state index in [0.717, 1.165) is 5.69 Å². The molecule has 4 heterocycles. The number of ether oxygens (including phenoxy) is 1. The molecule has 0 bridgehead atoms. The van der Waals surface area contributed by atoms with E-state index in [-0.39, 0.29) is 18.4 Å². The van der Waals surface area contributed by atoms with Crippen molar-refractivity contribution in [2.45, 2.75) is 20.3 Å². The Morgan fingerprint density at radius 1 is 1.40 bits per heavy atom. The first kappa shape index (κ1) is 16.0.